The number of hydrogen-bond acceptors (Lipinski definition) is 5. The summed E-state index contributed by atoms with van der Waals surface area (Å²) >= 11 is 16.2. The first kappa shape index (κ1) is 26.2. The molecule has 0 N–H and O–H groups in total. The lowest BCUT2D eigenvalue weighted by Crippen LogP contribution is -2.22. The van der Waals surface area contributed by atoms with E-state index in [0.29, 0.717) is 50.3 Å². The molecule has 9 heteroatoms. The number of fused-ring (bicyclic) bond motifs is 1. The van der Waals surface area contributed by atoms with Gasteiger partial charge in [-0.15, -0.1) is 0 Å². The van der Waals surface area contributed by atoms with Gasteiger partial charge in [0.05, 0.1) is 29.2 Å². The SMILES string of the molecule is CCCCc1nc2ccc(Br)cc2c(=O)n1N=Cc1cc(Cl)c(OCc2ccccc2Cl)c(OC)c1. The Morgan fingerprint density at radius 3 is 2.67 bits per heavy atom. The van der Waals surface area contributed by atoms with Crippen LogP contribution in [-0.2, 0) is 13.0 Å². The lowest BCUT2D eigenvalue weighted by atomic mass is 10.2. The Kier molecular flexibility index (Phi) is 8.67. The molecule has 0 unspecified atom stereocenters. The van der Waals surface area contributed by atoms with Crippen LogP contribution in [-0.4, -0.2) is 23.0 Å². The molecule has 0 spiro atoms. The van der Waals surface area contributed by atoms with E-state index in [1.165, 1.54) is 11.8 Å². The summed E-state index contributed by atoms with van der Waals surface area (Å²) in [6, 6.07) is 16.3. The van der Waals surface area contributed by atoms with Crippen LogP contribution in [0.3, 0.4) is 0 Å². The van der Waals surface area contributed by atoms with Crippen LogP contribution in [0.25, 0.3) is 10.9 Å². The van der Waals surface area contributed by atoms with Crippen molar-refractivity contribution in [1.29, 1.82) is 0 Å². The summed E-state index contributed by atoms with van der Waals surface area (Å²) in [5.74, 6) is 1.44. The van der Waals surface area contributed by atoms with Crippen molar-refractivity contribution in [1.82, 2.24) is 9.66 Å². The zero-order chi connectivity index (χ0) is 25.7. The molecule has 0 saturated heterocycles. The van der Waals surface area contributed by atoms with Crippen molar-refractivity contribution in [2.24, 2.45) is 5.10 Å². The van der Waals surface area contributed by atoms with E-state index in [9.17, 15) is 4.79 Å². The van der Waals surface area contributed by atoms with Crippen molar-refractivity contribution >= 4 is 56.2 Å². The summed E-state index contributed by atoms with van der Waals surface area (Å²) in [7, 11) is 1.54. The largest absolute Gasteiger partial charge is 0.493 e. The Morgan fingerprint density at radius 2 is 1.92 bits per heavy atom. The second-order valence-corrected chi connectivity index (χ2v) is 9.80. The number of halogens is 3. The summed E-state index contributed by atoms with van der Waals surface area (Å²) in [6.45, 7) is 2.32. The highest BCUT2D eigenvalue weighted by Crippen LogP contribution is 2.37. The summed E-state index contributed by atoms with van der Waals surface area (Å²) in [5.41, 5.74) is 1.88. The molecule has 0 radical (unpaired) electrons. The number of aryl methyl sites for hydroxylation is 1. The Morgan fingerprint density at radius 1 is 1.11 bits per heavy atom. The molecule has 0 aliphatic heterocycles. The number of benzene rings is 3. The van der Waals surface area contributed by atoms with E-state index in [1.54, 1.807) is 30.5 Å². The monoisotopic (exact) mass is 587 g/mol. The molecule has 0 aliphatic rings. The van der Waals surface area contributed by atoms with Crippen LogP contribution < -0.4 is 15.0 Å². The first-order valence-electron chi connectivity index (χ1n) is 11.4. The number of rotatable bonds is 9. The van der Waals surface area contributed by atoms with E-state index < -0.39 is 0 Å². The van der Waals surface area contributed by atoms with Gasteiger partial charge in [0, 0.05) is 21.5 Å². The first-order chi connectivity index (χ1) is 17.4. The van der Waals surface area contributed by atoms with Crippen LogP contribution in [0.15, 0.2) is 69.0 Å². The van der Waals surface area contributed by atoms with Gasteiger partial charge >= 0.3 is 0 Å². The number of unbranched alkanes of at least 4 members (excludes halogenated alkanes) is 1. The van der Waals surface area contributed by atoms with E-state index >= 15 is 0 Å². The van der Waals surface area contributed by atoms with Crippen molar-refractivity contribution in [3.8, 4) is 11.5 Å². The lowest BCUT2D eigenvalue weighted by Gasteiger charge is -2.14. The normalized spacial score (nSPS) is 11.4. The molecule has 1 aromatic heterocycles. The predicted molar refractivity (Wildman–Crippen MR) is 149 cm³/mol. The van der Waals surface area contributed by atoms with Crippen molar-refractivity contribution in [3.05, 3.63) is 96.4 Å². The maximum Gasteiger partial charge on any atom is 0.282 e. The van der Waals surface area contributed by atoms with Crippen molar-refractivity contribution < 1.29 is 9.47 Å². The Balaban J connectivity index is 1.68. The van der Waals surface area contributed by atoms with Gasteiger partial charge in [0.15, 0.2) is 11.5 Å². The highest BCUT2D eigenvalue weighted by molar-refractivity contribution is 9.10. The van der Waals surface area contributed by atoms with Gasteiger partial charge in [-0.2, -0.15) is 9.78 Å². The third-order valence-corrected chi connectivity index (χ3v) is 6.68. The molecular formula is C27H24BrCl2N3O3. The minimum Gasteiger partial charge on any atom is -0.493 e. The summed E-state index contributed by atoms with van der Waals surface area (Å²) in [6.07, 6.45) is 4.06. The zero-order valence-corrected chi connectivity index (χ0v) is 22.9. The highest BCUT2D eigenvalue weighted by atomic mass is 79.9. The Labute approximate surface area is 227 Å². The van der Waals surface area contributed by atoms with Gasteiger partial charge in [-0.3, -0.25) is 4.79 Å². The van der Waals surface area contributed by atoms with E-state index in [1.807, 2.05) is 30.3 Å². The van der Waals surface area contributed by atoms with E-state index in [2.05, 4.69) is 28.0 Å². The minimum atomic E-state index is -0.235. The molecule has 0 aliphatic carbocycles. The van der Waals surface area contributed by atoms with Crippen LogP contribution in [0.1, 0.15) is 36.7 Å². The Hall–Kier alpha value is -2.87. The average molecular weight is 589 g/mol. The summed E-state index contributed by atoms with van der Waals surface area (Å²) in [4.78, 5) is 18.0. The maximum absolute atomic E-state index is 13.3. The minimum absolute atomic E-state index is 0.234. The molecule has 4 aromatic rings. The number of hydrogen-bond donors (Lipinski definition) is 0. The van der Waals surface area contributed by atoms with Crippen LogP contribution in [0.4, 0.5) is 0 Å². The standard InChI is InChI=1S/C27H24BrCl2N3O3/c1-3-4-9-25-32-23-11-10-19(28)14-20(23)27(34)33(25)31-15-17-12-22(30)26(24(13-17)35-2)36-16-18-7-5-6-8-21(18)29/h5-8,10-15H,3-4,9,16H2,1-2H3. The predicted octanol–water partition coefficient (Wildman–Crippen LogP) is 7.28. The van der Waals surface area contributed by atoms with E-state index in [0.717, 1.165) is 22.9 Å². The molecule has 0 bridgehead atoms. The van der Waals surface area contributed by atoms with Crippen molar-refractivity contribution in [3.63, 3.8) is 0 Å². The second kappa shape index (κ2) is 11.9. The van der Waals surface area contributed by atoms with Gasteiger partial charge in [-0.1, -0.05) is 70.7 Å². The fourth-order valence-electron chi connectivity index (χ4n) is 3.65. The van der Waals surface area contributed by atoms with E-state index in [-0.39, 0.29) is 12.2 Å². The third-order valence-electron chi connectivity index (χ3n) is 5.53. The molecule has 3 aromatic carbocycles. The molecule has 0 saturated carbocycles. The summed E-state index contributed by atoms with van der Waals surface area (Å²) in [5, 5.41) is 5.93. The van der Waals surface area contributed by atoms with Crippen molar-refractivity contribution in [2.45, 2.75) is 32.8 Å². The Bertz CT molecular complexity index is 1490. The van der Waals surface area contributed by atoms with Gasteiger partial charge in [0.25, 0.3) is 5.56 Å². The topological polar surface area (TPSA) is 65.7 Å². The lowest BCUT2D eigenvalue weighted by molar-refractivity contribution is 0.285. The fourth-order valence-corrected chi connectivity index (χ4v) is 4.48. The van der Waals surface area contributed by atoms with Gasteiger partial charge in [-0.25, -0.2) is 4.98 Å². The smallest absolute Gasteiger partial charge is 0.282 e. The van der Waals surface area contributed by atoms with Crippen LogP contribution in [0.2, 0.25) is 10.0 Å². The van der Waals surface area contributed by atoms with Gasteiger partial charge in [0.1, 0.15) is 12.4 Å². The molecule has 0 amide bonds. The number of aromatic nitrogens is 2. The number of ether oxygens (including phenoxy) is 2. The molecule has 1 heterocycles. The molecule has 0 atom stereocenters. The molecule has 36 heavy (non-hydrogen) atoms. The third kappa shape index (κ3) is 5.91. The molecular weight excluding hydrogens is 565 g/mol. The van der Waals surface area contributed by atoms with Gasteiger partial charge in [0.2, 0.25) is 0 Å². The average Bonchev–Trinajstić information content (AvgIpc) is 2.87. The maximum atomic E-state index is 13.3. The highest BCUT2D eigenvalue weighted by Gasteiger charge is 2.14. The molecule has 0 fully saturated rings. The zero-order valence-electron chi connectivity index (χ0n) is 19.8. The van der Waals surface area contributed by atoms with Crippen LogP contribution in [0.5, 0.6) is 11.5 Å². The van der Waals surface area contributed by atoms with Crippen molar-refractivity contribution in [2.75, 3.05) is 7.11 Å². The second-order valence-electron chi connectivity index (χ2n) is 8.07. The fraction of sp³-hybridized carbons (Fsp3) is 0.222. The van der Waals surface area contributed by atoms with Crippen LogP contribution >= 0.6 is 39.1 Å². The summed E-state index contributed by atoms with van der Waals surface area (Å²) < 4.78 is 13.6. The van der Waals surface area contributed by atoms with E-state index in [4.69, 9.17) is 37.7 Å². The number of methoxy groups -OCH3 is 1. The quantitative estimate of drug-likeness (QED) is 0.193. The molecule has 4 rings (SSSR count). The first-order valence-corrected chi connectivity index (χ1v) is 13.0. The van der Waals surface area contributed by atoms with Gasteiger partial charge < -0.3 is 9.47 Å². The molecule has 186 valence electrons. The molecule has 6 nitrogen and oxygen atoms in total. The van der Waals surface area contributed by atoms with Gasteiger partial charge in [-0.05, 0) is 48.4 Å². The number of nitrogens with zero attached hydrogens (tertiary/aromatic N) is 3. The van der Waals surface area contributed by atoms with Crippen LogP contribution in [0, 0.1) is 0 Å².